The summed E-state index contributed by atoms with van der Waals surface area (Å²) in [7, 11) is 1.33. The number of nitrogens with two attached hydrogens (primary N) is 1. The molecule has 3 aromatic carbocycles. The molecule has 0 bridgehead atoms. The fraction of sp³-hybridized carbons (Fsp3) is 0.107. The van der Waals surface area contributed by atoms with Crippen molar-refractivity contribution in [1.82, 2.24) is 14.6 Å². The highest BCUT2D eigenvalue weighted by atomic mass is 16.5. The lowest BCUT2D eigenvalue weighted by Crippen LogP contribution is -2.14. The van der Waals surface area contributed by atoms with E-state index in [9.17, 15) is 9.59 Å². The van der Waals surface area contributed by atoms with Gasteiger partial charge in [-0.1, -0.05) is 30.3 Å². The third-order valence-corrected chi connectivity index (χ3v) is 6.12. The van der Waals surface area contributed by atoms with E-state index in [4.69, 9.17) is 20.4 Å². The predicted octanol–water partition coefficient (Wildman–Crippen LogP) is 4.70. The first-order valence-corrected chi connectivity index (χ1v) is 11.5. The number of rotatable bonds is 5. The summed E-state index contributed by atoms with van der Waals surface area (Å²) in [6, 6.07) is 19.8. The highest BCUT2D eigenvalue weighted by molar-refractivity contribution is 6.16. The fourth-order valence-corrected chi connectivity index (χ4v) is 3.95. The molecule has 0 unspecified atom stereocenters. The van der Waals surface area contributed by atoms with Crippen molar-refractivity contribution in [3.05, 3.63) is 94.5 Å². The maximum atomic E-state index is 13.4. The summed E-state index contributed by atoms with van der Waals surface area (Å²) in [6.07, 6.45) is 1.57. The SMILES string of the molecule is COC(=O)c1ccc(/C=N/n2c(N)c(C(=O)Nc3ccc(C)c(C)c3)c3nc4ccccc4nc32)cc1. The summed E-state index contributed by atoms with van der Waals surface area (Å²) in [5.74, 6) is -0.730. The minimum atomic E-state index is -0.425. The van der Waals surface area contributed by atoms with E-state index in [2.05, 4.69) is 10.4 Å². The molecule has 9 nitrogen and oxygen atoms in total. The van der Waals surface area contributed by atoms with Crippen LogP contribution >= 0.6 is 0 Å². The van der Waals surface area contributed by atoms with Crippen molar-refractivity contribution >= 4 is 51.8 Å². The number of para-hydroxylation sites is 2. The molecule has 0 saturated carbocycles. The zero-order valence-corrected chi connectivity index (χ0v) is 20.5. The largest absolute Gasteiger partial charge is 0.465 e. The molecule has 1 amide bonds. The highest BCUT2D eigenvalue weighted by Gasteiger charge is 2.24. The Bertz CT molecular complexity index is 1700. The van der Waals surface area contributed by atoms with Crippen LogP contribution in [0.3, 0.4) is 0 Å². The van der Waals surface area contributed by atoms with Crippen LogP contribution in [0.2, 0.25) is 0 Å². The number of nitrogen functional groups attached to an aromatic ring is 1. The standard InChI is InChI=1S/C28H24N6O3/c1-16-8-13-20(14-17(16)2)31-27(35)23-24-26(33-22-7-5-4-6-21(22)32-24)34(25(23)29)30-15-18-9-11-19(12-10-18)28(36)37-3/h4-15H,29H2,1-3H3,(H,31,35)/b30-15+. The summed E-state index contributed by atoms with van der Waals surface area (Å²) in [5, 5.41) is 7.43. The average molecular weight is 493 g/mol. The average Bonchev–Trinajstić information content (AvgIpc) is 3.17. The van der Waals surface area contributed by atoms with Gasteiger partial charge in [-0.15, -0.1) is 0 Å². The van der Waals surface area contributed by atoms with E-state index >= 15 is 0 Å². The lowest BCUT2D eigenvalue weighted by molar-refractivity contribution is 0.0600. The van der Waals surface area contributed by atoms with E-state index < -0.39 is 11.9 Å². The van der Waals surface area contributed by atoms with Gasteiger partial charge in [0.2, 0.25) is 0 Å². The molecular formula is C28H24N6O3. The van der Waals surface area contributed by atoms with E-state index in [1.165, 1.54) is 11.8 Å². The third-order valence-electron chi connectivity index (χ3n) is 6.12. The molecule has 0 aliphatic carbocycles. The minimum absolute atomic E-state index is 0.106. The molecule has 184 valence electrons. The lowest BCUT2D eigenvalue weighted by Gasteiger charge is -2.08. The maximum Gasteiger partial charge on any atom is 0.337 e. The molecule has 0 atom stereocenters. The first kappa shape index (κ1) is 23.7. The summed E-state index contributed by atoms with van der Waals surface area (Å²) in [6.45, 7) is 3.99. The number of aromatic nitrogens is 3. The predicted molar refractivity (Wildman–Crippen MR) is 144 cm³/mol. The number of fused-ring (bicyclic) bond motifs is 2. The number of anilines is 2. The summed E-state index contributed by atoms with van der Waals surface area (Å²) in [4.78, 5) is 34.5. The van der Waals surface area contributed by atoms with Gasteiger partial charge in [-0.05, 0) is 66.9 Å². The summed E-state index contributed by atoms with van der Waals surface area (Å²) < 4.78 is 6.14. The molecule has 0 fully saturated rings. The van der Waals surface area contributed by atoms with E-state index in [0.29, 0.717) is 39.0 Å². The Morgan fingerprint density at radius 1 is 0.973 bits per heavy atom. The number of methoxy groups -OCH3 is 1. The van der Waals surface area contributed by atoms with Crippen molar-refractivity contribution in [1.29, 1.82) is 0 Å². The molecule has 5 aromatic rings. The number of hydrogen-bond donors (Lipinski definition) is 2. The molecule has 37 heavy (non-hydrogen) atoms. The number of hydrogen-bond acceptors (Lipinski definition) is 7. The van der Waals surface area contributed by atoms with E-state index in [0.717, 1.165) is 11.1 Å². The van der Waals surface area contributed by atoms with Crippen LogP contribution < -0.4 is 11.1 Å². The van der Waals surface area contributed by atoms with Crippen LogP contribution in [0.5, 0.6) is 0 Å². The third kappa shape index (κ3) is 4.50. The molecule has 0 saturated heterocycles. The second-order valence-electron chi connectivity index (χ2n) is 8.57. The number of carbonyl (C=O) groups is 2. The van der Waals surface area contributed by atoms with Crippen LogP contribution in [-0.4, -0.2) is 39.8 Å². The van der Waals surface area contributed by atoms with Crippen LogP contribution in [0.15, 0.2) is 71.8 Å². The van der Waals surface area contributed by atoms with Gasteiger partial charge in [0.05, 0.1) is 29.9 Å². The van der Waals surface area contributed by atoms with Gasteiger partial charge in [-0.25, -0.2) is 14.8 Å². The maximum absolute atomic E-state index is 13.4. The zero-order chi connectivity index (χ0) is 26.1. The van der Waals surface area contributed by atoms with Crippen LogP contribution in [0.25, 0.3) is 22.2 Å². The number of benzene rings is 3. The quantitative estimate of drug-likeness (QED) is 0.271. The summed E-state index contributed by atoms with van der Waals surface area (Å²) >= 11 is 0. The van der Waals surface area contributed by atoms with E-state index in [1.54, 1.807) is 30.5 Å². The summed E-state index contributed by atoms with van der Waals surface area (Å²) in [5.41, 5.74) is 12.6. The Morgan fingerprint density at radius 2 is 1.68 bits per heavy atom. The van der Waals surface area contributed by atoms with Crippen LogP contribution in [0.1, 0.15) is 37.4 Å². The Morgan fingerprint density at radius 3 is 2.35 bits per heavy atom. The van der Waals surface area contributed by atoms with Crippen molar-refractivity contribution in [2.45, 2.75) is 13.8 Å². The number of esters is 1. The molecule has 0 radical (unpaired) electrons. The Hall–Kier alpha value is -5.05. The Balaban J connectivity index is 1.59. The van der Waals surface area contributed by atoms with Crippen molar-refractivity contribution < 1.29 is 14.3 Å². The smallest absolute Gasteiger partial charge is 0.337 e. The van der Waals surface area contributed by atoms with Crippen molar-refractivity contribution in [3.8, 4) is 0 Å². The highest BCUT2D eigenvalue weighted by Crippen LogP contribution is 2.29. The molecular weight excluding hydrogens is 468 g/mol. The number of nitrogens with zero attached hydrogens (tertiary/aromatic N) is 4. The first-order chi connectivity index (χ1) is 17.9. The van der Waals surface area contributed by atoms with Crippen molar-refractivity contribution in [2.24, 2.45) is 5.10 Å². The lowest BCUT2D eigenvalue weighted by atomic mass is 10.1. The molecule has 2 heterocycles. The number of aryl methyl sites for hydroxylation is 2. The monoisotopic (exact) mass is 492 g/mol. The van der Waals surface area contributed by atoms with Crippen LogP contribution in [-0.2, 0) is 4.74 Å². The normalized spacial score (nSPS) is 11.3. The first-order valence-electron chi connectivity index (χ1n) is 11.5. The number of amides is 1. The van der Waals surface area contributed by atoms with Gasteiger partial charge >= 0.3 is 5.97 Å². The second-order valence-corrected chi connectivity index (χ2v) is 8.57. The van der Waals surface area contributed by atoms with Gasteiger partial charge in [0.1, 0.15) is 16.9 Å². The van der Waals surface area contributed by atoms with E-state index in [1.807, 2.05) is 56.3 Å². The molecule has 0 aliphatic rings. The second kappa shape index (κ2) is 9.54. The van der Waals surface area contributed by atoms with Crippen LogP contribution in [0, 0.1) is 13.8 Å². The number of ether oxygens (including phenoxy) is 1. The van der Waals surface area contributed by atoms with Crippen molar-refractivity contribution in [3.63, 3.8) is 0 Å². The molecule has 2 aromatic heterocycles. The van der Waals surface area contributed by atoms with Gasteiger partial charge in [0, 0.05) is 5.69 Å². The number of nitrogens with one attached hydrogen (secondary N) is 1. The topological polar surface area (TPSA) is 124 Å². The molecule has 3 N–H and O–H groups in total. The van der Waals surface area contributed by atoms with Gasteiger partial charge in [0.15, 0.2) is 5.65 Å². The fourth-order valence-electron chi connectivity index (χ4n) is 3.95. The van der Waals surface area contributed by atoms with E-state index in [-0.39, 0.29) is 11.4 Å². The molecule has 9 heteroatoms. The molecule has 0 aliphatic heterocycles. The van der Waals surface area contributed by atoms with Gasteiger partial charge in [-0.3, -0.25) is 4.79 Å². The van der Waals surface area contributed by atoms with Gasteiger partial charge in [0.25, 0.3) is 5.91 Å². The van der Waals surface area contributed by atoms with Gasteiger partial charge < -0.3 is 15.8 Å². The number of carbonyl (C=O) groups excluding carboxylic acids is 2. The van der Waals surface area contributed by atoms with Crippen molar-refractivity contribution in [2.75, 3.05) is 18.2 Å². The molecule has 0 spiro atoms. The van der Waals surface area contributed by atoms with Crippen LogP contribution in [0.4, 0.5) is 11.5 Å². The minimum Gasteiger partial charge on any atom is -0.465 e. The Kier molecular flexibility index (Phi) is 6.10. The Labute approximate surface area is 212 Å². The molecule has 5 rings (SSSR count). The van der Waals surface area contributed by atoms with Gasteiger partial charge in [-0.2, -0.15) is 9.78 Å². The zero-order valence-electron chi connectivity index (χ0n) is 20.5.